The van der Waals surface area contributed by atoms with Gasteiger partial charge in [0.05, 0.1) is 13.7 Å². The molecule has 4 rings (SSSR count). The summed E-state index contributed by atoms with van der Waals surface area (Å²) in [6, 6.07) is 18.5. The van der Waals surface area contributed by atoms with E-state index in [9.17, 15) is 9.90 Å². The van der Waals surface area contributed by atoms with Crippen LogP contribution in [0.3, 0.4) is 0 Å². The van der Waals surface area contributed by atoms with Crippen LogP contribution < -0.4 is 9.47 Å². The monoisotopic (exact) mass is 457 g/mol. The van der Waals surface area contributed by atoms with Crippen molar-refractivity contribution in [2.24, 2.45) is 0 Å². The van der Waals surface area contributed by atoms with E-state index in [2.05, 4.69) is 0 Å². The Hall–Kier alpha value is -2.89. The quantitative estimate of drug-likeness (QED) is 0.481. The van der Waals surface area contributed by atoms with Crippen LogP contribution in [-0.4, -0.2) is 35.9 Å². The standard InChI is InChI=1S/C24H21Cl2NO4/c1-30-18-9-16-10-19(14-27(24(28)29)13-15-5-3-2-4-6-15)31-23(16)21(12-18)20-11-17(25)7-8-22(20)26/h2-9,11-12,19H,10,13-14H2,1H3,(H,28,29). The molecule has 1 N–H and O–H groups in total. The molecule has 0 radical (unpaired) electrons. The third kappa shape index (κ3) is 4.73. The lowest BCUT2D eigenvalue weighted by Gasteiger charge is -2.23. The van der Waals surface area contributed by atoms with E-state index in [1.165, 1.54) is 4.90 Å². The Bertz CT molecular complexity index is 1100. The van der Waals surface area contributed by atoms with Crippen LogP contribution in [0.1, 0.15) is 11.1 Å². The topological polar surface area (TPSA) is 59.0 Å². The summed E-state index contributed by atoms with van der Waals surface area (Å²) in [4.78, 5) is 13.2. The molecule has 0 fully saturated rings. The summed E-state index contributed by atoms with van der Waals surface area (Å²) in [7, 11) is 1.60. The molecule has 160 valence electrons. The Morgan fingerprint density at radius 1 is 1.13 bits per heavy atom. The predicted molar refractivity (Wildman–Crippen MR) is 121 cm³/mol. The number of amides is 1. The lowest BCUT2D eigenvalue weighted by atomic mass is 9.99. The first-order valence-corrected chi connectivity index (χ1v) is 10.5. The van der Waals surface area contributed by atoms with Crippen LogP contribution in [0.4, 0.5) is 4.79 Å². The fraction of sp³-hybridized carbons (Fsp3) is 0.208. The number of rotatable bonds is 6. The van der Waals surface area contributed by atoms with E-state index >= 15 is 0 Å². The third-order valence-corrected chi connectivity index (χ3v) is 5.80. The average Bonchev–Trinajstić information content (AvgIpc) is 3.17. The number of carboxylic acid groups (broad SMARTS) is 1. The second-order valence-corrected chi connectivity index (χ2v) is 8.22. The van der Waals surface area contributed by atoms with Gasteiger partial charge in [-0.2, -0.15) is 0 Å². The van der Waals surface area contributed by atoms with Crippen molar-refractivity contribution in [2.45, 2.75) is 19.1 Å². The lowest BCUT2D eigenvalue weighted by molar-refractivity contribution is 0.113. The second-order valence-electron chi connectivity index (χ2n) is 7.38. The molecule has 3 aromatic carbocycles. The highest BCUT2D eigenvalue weighted by Crippen LogP contribution is 2.44. The summed E-state index contributed by atoms with van der Waals surface area (Å²) >= 11 is 12.6. The van der Waals surface area contributed by atoms with Crippen molar-refractivity contribution in [2.75, 3.05) is 13.7 Å². The second kappa shape index (κ2) is 9.08. The molecular formula is C24H21Cl2NO4. The minimum absolute atomic E-state index is 0.240. The Kier molecular flexibility index (Phi) is 6.25. The number of hydrogen-bond donors (Lipinski definition) is 1. The van der Waals surface area contributed by atoms with Crippen molar-refractivity contribution in [3.05, 3.63) is 81.8 Å². The van der Waals surface area contributed by atoms with Crippen LogP contribution >= 0.6 is 23.2 Å². The van der Waals surface area contributed by atoms with Gasteiger partial charge in [-0.1, -0.05) is 53.5 Å². The molecule has 1 amide bonds. The van der Waals surface area contributed by atoms with Gasteiger partial charge < -0.3 is 19.5 Å². The van der Waals surface area contributed by atoms with Crippen molar-refractivity contribution in [3.63, 3.8) is 0 Å². The smallest absolute Gasteiger partial charge is 0.407 e. The molecule has 1 atom stereocenters. The van der Waals surface area contributed by atoms with Gasteiger partial charge in [0.25, 0.3) is 0 Å². The van der Waals surface area contributed by atoms with Gasteiger partial charge in [-0.3, -0.25) is 0 Å². The van der Waals surface area contributed by atoms with E-state index < -0.39 is 6.09 Å². The third-order valence-electron chi connectivity index (χ3n) is 5.24. The zero-order chi connectivity index (χ0) is 22.0. The summed E-state index contributed by atoms with van der Waals surface area (Å²) in [5.74, 6) is 1.36. The molecule has 0 aliphatic carbocycles. The van der Waals surface area contributed by atoms with Gasteiger partial charge in [-0.05, 0) is 35.9 Å². The molecule has 1 heterocycles. The molecule has 0 aromatic heterocycles. The van der Waals surface area contributed by atoms with Crippen molar-refractivity contribution >= 4 is 29.3 Å². The maximum absolute atomic E-state index is 11.9. The number of fused-ring (bicyclic) bond motifs is 1. The Morgan fingerprint density at radius 2 is 1.90 bits per heavy atom. The minimum atomic E-state index is -0.987. The van der Waals surface area contributed by atoms with Gasteiger partial charge in [0.1, 0.15) is 17.6 Å². The van der Waals surface area contributed by atoms with Crippen molar-refractivity contribution in [1.82, 2.24) is 4.90 Å². The summed E-state index contributed by atoms with van der Waals surface area (Å²) in [5, 5.41) is 10.8. The predicted octanol–water partition coefficient (Wildman–Crippen LogP) is 6.15. The molecule has 0 saturated carbocycles. The zero-order valence-corrected chi connectivity index (χ0v) is 18.4. The minimum Gasteiger partial charge on any atom is -0.497 e. The molecule has 1 aliphatic rings. The Morgan fingerprint density at radius 3 is 2.61 bits per heavy atom. The van der Waals surface area contributed by atoms with Crippen LogP contribution in [0.5, 0.6) is 11.5 Å². The molecule has 5 nitrogen and oxygen atoms in total. The number of hydrogen-bond acceptors (Lipinski definition) is 3. The number of halogens is 2. The van der Waals surface area contributed by atoms with E-state index in [1.807, 2.05) is 42.5 Å². The summed E-state index contributed by atoms with van der Waals surface area (Å²) in [5.41, 5.74) is 3.38. The van der Waals surface area contributed by atoms with E-state index in [0.717, 1.165) is 22.3 Å². The van der Waals surface area contributed by atoms with Crippen LogP contribution in [0, 0.1) is 0 Å². The van der Waals surface area contributed by atoms with Gasteiger partial charge in [0.2, 0.25) is 0 Å². The normalized spacial score (nSPS) is 14.6. The molecule has 31 heavy (non-hydrogen) atoms. The van der Waals surface area contributed by atoms with Crippen molar-refractivity contribution in [1.29, 1.82) is 0 Å². The van der Waals surface area contributed by atoms with Gasteiger partial charge in [0, 0.05) is 39.7 Å². The summed E-state index contributed by atoms with van der Waals surface area (Å²) in [6.07, 6.45) is -0.742. The summed E-state index contributed by atoms with van der Waals surface area (Å²) < 4.78 is 11.7. The summed E-state index contributed by atoms with van der Waals surface area (Å²) in [6.45, 7) is 0.534. The fourth-order valence-electron chi connectivity index (χ4n) is 3.79. The number of methoxy groups -OCH3 is 1. The van der Waals surface area contributed by atoms with Crippen molar-refractivity contribution < 1.29 is 19.4 Å². The molecule has 0 spiro atoms. The van der Waals surface area contributed by atoms with Gasteiger partial charge in [0.15, 0.2) is 0 Å². The number of ether oxygens (including phenoxy) is 2. The molecule has 1 unspecified atom stereocenters. The van der Waals surface area contributed by atoms with E-state index in [0.29, 0.717) is 34.5 Å². The van der Waals surface area contributed by atoms with E-state index in [4.69, 9.17) is 32.7 Å². The fourth-order valence-corrected chi connectivity index (χ4v) is 4.18. The largest absolute Gasteiger partial charge is 0.497 e. The molecule has 0 saturated heterocycles. The SMILES string of the molecule is COc1cc2c(c(-c3cc(Cl)ccc3Cl)c1)OC(CN(Cc1ccccc1)C(=O)O)C2. The van der Waals surface area contributed by atoms with Crippen LogP contribution in [0.2, 0.25) is 10.0 Å². The van der Waals surface area contributed by atoms with Crippen LogP contribution in [-0.2, 0) is 13.0 Å². The molecule has 7 heteroatoms. The molecule has 3 aromatic rings. The first-order chi connectivity index (χ1) is 14.9. The molecular weight excluding hydrogens is 437 g/mol. The highest BCUT2D eigenvalue weighted by Gasteiger charge is 2.30. The molecule has 0 bridgehead atoms. The highest BCUT2D eigenvalue weighted by atomic mass is 35.5. The van der Waals surface area contributed by atoms with Gasteiger partial charge >= 0.3 is 6.09 Å². The van der Waals surface area contributed by atoms with Crippen LogP contribution in [0.25, 0.3) is 11.1 Å². The zero-order valence-electron chi connectivity index (χ0n) is 16.8. The maximum Gasteiger partial charge on any atom is 0.407 e. The van der Waals surface area contributed by atoms with Crippen molar-refractivity contribution in [3.8, 4) is 22.6 Å². The maximum atomic E-state index is 11.9. The first kappa shape index (κ1) is 21.3. The number of nitrogens with zero attached hydrogens (tertiary/aromatic N) is 1. The Labute approximate surface area is 190 Å². The van der Waals surface area contributed by atoms with Gasteiger partial charge in [-0.15, -0.1) is 0 Å². The van der Waals surface area contributed by atoms with E-state index in [-0.39, 0.29) is 12.6 Å². The van der Waals surface area contributed by atoms with Crippen LogP contribution in [0.15, 0.2) is 60.7 Å². The Balaban J connectivity index is 1.62. The highest BCUT2D eigenvalue weighted by molar-refractivity contribution is 6.35. The lowest BCUT2D eigenvalue weighted by Crippen LogP contribution is -2.37. The number of carbonyl (C=O) groups is 1. The average molecular weight is 458 g/mol. The first-order valence-electron chi connectivity index (χ1n) is 9.79. The van der Waals surface area contributed by atoms with Gasteiger partial charge in [-0.25, -0.2) is 4.79 Å². The molecule has 1 aliphatic heterocycles. The van der Waals surface area contributed by atoms with E-state index in [1.54, 1.807) is 25.3 Å². The number of benzene rings is 3.